The van der Waals surface area contributed by atoms with Crippen LogP contribution in [0.4, 0.5) is 4.79 Å². The van der Waals surface area contributed by atoms with E-state index in [1.165, 1.54) is 11.3 Å². The van der Waals surface area contributed by atoms with Gasteiger partial charge in [-0.25, -0.2) is 4.79 Å². The number of thiophene rings is 1. The summed E-state index contributed by atoms with van der Waals surface area (Å²) in [6, 6.07) is 2.96. The third-order valence-electron chi connectivity index (χ3n) is 3.23. The largest absolute Gasteiger partial charge is 0.338 e. The van der Waals surface area contributed by atoms with E-state index in [4.69, 9.17) is 11.6 Å². The van der Waals surface area contributed by atoms with Gasteiger partial charge in [-0.1, -0.05) is 32.4 Å². The Labute approximate surface area is 141 Å². The maximum atomic E-state index is 12.2. The number of urea groups is 1. The van der Waals surface area contributed by atoms with Crippen molar-refractivity contribution < 1.29 is 9.59 Å². The average molecular weight is 346 g/mol. The van der Waals surface area contributed by atoms with Gasteiger partial charge < -0.3 is 5.32 Å². The van der Waals surface area contributed by atoms with Gasteiger partial charge in [-0.3, -0.25) is 15.0 Å². The summed E-state index contributed by atoms with van der Waals surface area (Å²) in [6.07, 6.45) is 0. The summed E-state index contributed by atoms with van der Waals surface area (Å²) in [5.74, 6) is 0.0414. The standard InChI is InChI=1S/C15H24ClN3O2S/c1-5-19(9-12-6-7-13(16)22-12)11(4)14(20)18-15(21)17-8-10(2)3/h6-7,10-11H,5,8-9H2,1-4H3,(H2,17,18,20,21). The molecule has 0 bridgehead atoms. The monoisotopic (exact) mass is 345 g/mol. The van der Waals surface area contributed by atoms with E-state index in [1.807, 2.05) is 37.8 Å². The lowest BCUT2D eigenvalue weighted by molar-refractivity contribution is -0.124. The SMILES string of the molecule is CCN(Cc1ccc(Cl)s1)C(C)C(=O)NC(=O)NCC(C)C. The normalized spacial score (nSPS) is 12.5. The fourth-order valence-corrected chi connectivity index (χ4v) is 3.00. The van der Waals surface area contributed by atoms with Crippen LogP contribution in [-0.4, -0.2) is 36.0 Å². The molecule has 1 heterocycles. The van der Waals surface area contributed by atoms with Gasteiger partial charge in [-0.05, 0) is 31.5 Å². The minimum absolute atomic E-state index is 0.300. The van der Waals surface area contributed by atoms with E-state index in [1.54, 1.807) is 6.92 Å². The molecule has 1 aromatic heterocycles. The predicted octanol–water partition coefficient (Wildman–Crippen LogP) is 3.09. The van der Waals surface area contributed by atoms with E-state index >= 15 is 0 Å². The van der Waals surface area contributed by atoms with E-state index < -0.39 is 12.1 Å². The summed E-state index contributed by atoms with van der Waals surface area (Å²) < 4.78 is 0.733. The lowest BCUT2D eigenvalue weighted by Crippen LogP contribution is -2.49. The highest BCUT2D eigenvalue weighted by atomic mass is 35.5. The van der Waals surface area contributed by atoms with Crippen LogP contribution in [0.15, 0.2) is 12.1 Å². The number of imide groups is 1. The van der Waals surface area contributed by atoms with E-state index in [-0.39, 0.29) is 5.91 Å². The zero-order chi connectivity index (χ0) is 16.7. The average Bonchev–Trinajstić information content (AvgIpc) is 2.87. The summed E-state index contributed by atoms with van der Waals surface area (Å²) in [5, 5.41) is 5.06. The van der Waals surface area contributed by atoms with Crippen molar-refractivity contribution in [2.24, 2.45) is 5.92 Å². The van der Waals surface area contributed by atoms with E-state index in [2.05, 4.69) is 10.6 Å². The molecule has 0 saturated carbocycles. The molecular formula is C15H24ClN3O2S. The molecule has 0 aliphatic carbocycles. The van der Waals surface area contributed by atoms with Crippen molar-refractivity contribution >= 4 is 34.9 Å². The van der Waals surface area contributed by atoms with Crippen LogP contribution in [0.3, 0.4) is 0 Å². The Hall–Kier alpha value is -1.11. The van der Waals surface area contributed by atoms with Crippen LogP contribution in [0.2, 0.25) is 4.34 Å². The fraction of sp³-hybridized carbons (Fsp3) is 0.600. The highest BCUT2D eigenvalue weighted by molar-refractivity contribution is 7.16. The fourth-order valence-electron chi connectivity index (χ4n) is 1.88. The van der Waals surface area contributed by atoms with Gasteiger partial charge in [-0.15, -0.1) is 11.3 Å². The van der Waals surface area contributed by atoms with Crippen LogP contribution in [0.5, 0.6) is 0 Å². The number of halogens is 1. The Morgan fingerprint density at radius 2 is 2.00 bits per heavy atom. The van der Waals surface area contributed by atoms with Gasteiger partial charge in [0, 0.05) is 18.0 Å². The molecular weight excluding hydrogens is 322 g/mol. The molecule has 1 unspecified atom stereocenters. The zero-order valence-corrected chi connectivity index (χ0v) is 15.1. The maximum absolute atomic E-state index is 12.2. The van der Waals surface area contributed by atoms with Gasteiger partial charge in [0.15, 0.2) is 0 Å². The second-order valence-electron chi connectivity index (χ2n) is 5.54. The Morgan fingerprint density at radius 3 is 2.50 bits per heavy atom. The van der Waals surface area contributed by atoms with Crippen LogP contribution in [0.1, 0.15) is 32.6 Å². The van der Waals surface area contributed by atoms with Crippen molar-refractivity contribution in [1.82, 2.24) is 15.5 Å². The first-order chi connectivity index (χ1) is 10.3. The van der Waals surface area contributed by atoms with Crippen molar-refractivity contribution in [3.05, 3.63) is 21.3 Å². The topological polar surface area (TPSA) is 61.4 Å². The van der Waals surface area contributed by atoms with Crippen molar-refractivity contribution in [3.63, 3.8) is 0 Å². The van der Waals surface area contributed by atoms with Crippen LogP contribution < -0.4 is 10.6 Å². The van der Waals surface area contributed by atoms with Crippen LogP contribution in [-0.2, 0) is 11.3 Å². The van der Waals surface area contributed by atoms with Crippen LogP contribution in [0, 0.1) is 5.92 Å². The minimum Gasteiger partial charge on any atom is -0.338 e. The van der Waals surface area contributed by atoms with Crippen LogP contribution >= 0.6 is 22.9 Å². The molecule has 7 heteroatoms. The summed E-state index contributed by atoms with van der Waals surface area (Å²) in [7, 11) is 0. The molecule has 0 fully saturated rings. The lowest BCUT2D eigenvalue weighted by Gasteiger charge is -2.26. The van der Waals surface area contributed by atoms with Gasteiger partial charge in [-0.2, -0.15) is 0 Å². The molecule has 3 amide bonds. The Balaban J connectivity index is 2.53. The number of rotatable bonds is 7. The molecule has 22 heavy (non-hydrogen) atoms. The first-order valence-electron chi connectivity index (χ1n) is 7.40. The Kier molecular flexibility index (Phi) is 7.85. The molecule has 0 spiro atoms. The number of carbonyl (C=O) groups excluding carboxylic acids is 2. The third kappa shape index (κ3) is 6.34. The molecule has 0 aliphatic rings. The van der Waals surface area contributed by atoms with E-state index in [0.29, 0.717) is 25.6 Å². The molecule has 0 aromatic carbocycles. The Morgan fingerprint density at radius 1 is 1.32 bits per heavy atom. The van der Waals surface area contributed by atoms with Crippen molar-refractivity contribution in [1.29, 1.82) is 0 Å². The number of nitrogens with zero attached hydrogens (tertiary/aromatic N) is 1. The van der Waals surface area contributed by atoms with Crippen molar-refractivity contribution in [2.45, 2.75) is 40.3 Å². The number of nitrogens with one attached hydrogen (secondary N) is 2. The quantitative estimate of drug-likeness (QED) is 0.798. The second kappa shape index (κ2) is 9.12. The van der Waals surface area contributed by atoms with Gasteiger partial charge in [0.2, 0.25) is 5.91 Å². The Bertz CT molecular complexity index is 505. The first-order valence-corrected chi connectivity index (χ1v) is 8.59. The smallest absolute Gasteiger partial charge is 0.321 e. The van der Waals surface area contributed by atoms with Gasteiger partial charge in [0.05, 0.1) is 10.4 Å². The molecule has 2 N–H and O–H groups in total. The van der Waals surface area contributed by atoms with Gasteiger partial charge in [0.25, 0.3) is 0 Å². The number of carbonyl (C=O) groups is 2. The second-order valence-corrected chi connectivity index (χ2v) is 7.34. The molecule has 1 rings (SSSR count). The molecule has 1 aromatic rings. The van der Waals surface area contributed by atoms with Gasteiger partial charge >= 0.3 is 6.03 Å². The minimum atomic E-state index is -0.444. The molecule has 0 aliphatic heterocycles. The molecule has 0 saturated heterocycles. The number of amides is 3. The molecule has 124 valence electrons. The number of hydrogen-bond donors (Lipinski definition) is 2. The highest BCUT2D eigenvalue weighted by Gasteiger charge is 2.22. The van der Waals surface area contributed by atoms with E-state index in [0.717, 1.165) is 9.21 Å². The summed E-state index contributed by atoms with van der Waals surface area (Å²) in [4.78, 5) is 26.9. The predicted molar refractivity (Wildman–Crippen MR) is 91.3 cm³/mol. The number of hydrogen-bond acceptors (Lipinski definition) is 4. The van der Waals surface area contributed by atoms with E-state index in [9.17, 15) is 9.59 Å². The van der Waals surface area contributed by atoms with Crippen molar-refractivity contribution in [3.8, 4) is 0 Å². The summed E-state index contributed by atoms with van der Waals surface area (Å²) in [5.41, 5.74) is 0. The third-order valence-corrected chi connectivity index (χ3v) is 4.44. The summed E-state index contributed by atoms with van der Waals surface area (Å²) >= 11 is 7.42. The molecule has 1 atom stereocenters. The highest BCUT2D eigenvalue weighted by Crippen LogP contribution is 2.23. The summed E-state index contributed by atoms with van der Waals surface area (Å²) in [6.45, 7) is 9.65. The maximum Gasteiger partial charge on any atom is 0.321 e. The van der Waals surface area contributed by atoms with Crippen LogP contribution in [0.25, 0.3) is 0 Å². The number of likely N-dealkylation sites (N-methyl/N-ethyl adjacent to an activating group) is 1. The first kappa shape index (κ1) is 18.9. The lowest BCUT2D eigenvalue weighted by atomic mass is 10.2. The van der Waals surface area contributed by atoms with Crippen molar-refractivity contribution in [2.75, 3.05) is 13.1 Å². The zero-order valence-electron chi connectivity index (χ0n) is 13.5. The molecule has 0 radical (unpaired) electrons. The van der Waals surface area contributed by atoms with Gasteiger partial charge in [0.1, 0.15) is 0 Å². The molecule has 5 nitrogen and oxygen atoms in total.